The summed E-state index contributed by atoms with van der Waals surface area (Å²) in [6, 6.07) is 0. The Kier molecular flexibility index (Phi) is 6.98. The summed E-state index contributed by atoms with van der Waals surface area (Å²) in [4.78, 5) is 10.4. The van der Waals surface area contributed by atoms with Crippen molar-refractivity contribution in [2.75, 3.05) is 6.61 Å². The van der Waals surface area contributed by atoms with Crippen LogP contribution in [-0.4, -0.2) is 12.6 Å². The van der Waals surface area contributed by atoms with Crippen molar-refractivity contribution in [2.24, 2.45) is 0 Å². The number of carbonyl (C=O) groups is 1. The van der Waals surface area contributed by atoms with Crippen LogP contribution in [0.2, 0.25) is 0 Å². The van der Waals surface area contributed by atoms with Crippen molar-refractivity contribution in [2.45, 2.75) is 33.6 Å². The Morgan fingerprint density at radius 3 is 2.54 bits per heavy atom. The molecule has 2 heteroatoms. The van der Waals surface area contributed by atoms with Gasteiger partial charge < -0.3 is 4.74 Å². The lowest BCUT2D eigenvalue weighted by molar-refractivity contribution is -0.139. The van der Waals surface area contributed by atoms with Gasteiger partial charge in [-0.05, 0) is 18.9 Å². The SMILES string of the molecule is CC/C=C(/C=C/COC(C)=O)CC. The lowest BCUT2D eigenvalue weighted by atomic mass is 10.1. The van der Waals surface area contributed by atoms with Crippen LogP contribution >= 0.6 is 0 Å². The molecule has 13 heavy (non-hydrogen) atoms. The summed E-state index contributed by atoms with van der Waals surface area (Å²) in [7, 11) is 0. The van der Waals surface area contributed by atoms with Gasteiger partial charge in [-0.25, -0.2) is 0 Å². The molecular weight excluding hydrogens is 164 g/mol. The van der Waals surface area contributed by atoms with Crippen molar-refractivity contribution in [1.82, 2.24) is 0 Å². The maximum Gasteiger partial charge on any atom is 0.302 e. The summed E-state index contributed by atoms with van der Waals surface area (Å²) in [5.74, 6) is -0.234. The summed E-state index contributed by atoms with van der Waals surface area (Å²) >= 11 is 0. The Bertz CT molecular complexity index is 202. The normalized spacial score (nSPS) is 12.1. The second kappa shape index (κ2) is 7.59. The van der Waals surface area contributed by atoms with E-state index in [-0.39, 0.29) is 5.97 Å². The zero-order valence-electron chi connectivity index (χ0n) is 8.67. The number of rotatable bonds is 5. The Hall–Kier alpha value is -1.05. The molecule has 0 spiro atoms. The second-order valence-electron chi connectivity index (χ2n) is 2.75. The summed E-state index contributed by atoms with van der Waals surface area (Å²) in [6.45, 7) is 6.00. The van der Waals surface area contributed by atoms with Crippen LogP contribution < -0.4 is 0 Å². The van der Waals surface area contributed by atoms with Gasteiger partial charge in [0.15, 0.2) is 0 Å². The maximum absolute atomic E-state index is 10.4. The largest absolute Gasteiger partial charge is 0.462 e. The van der Waals surface area contributed by atoms with Crippen LogP contribution in [0.15, 0.2) is 23.8 Å². The Labute approximate surface area is 80.3 Å². The molecule has 0 fully saturated rings. The molecule has 0 aromatic carbocycles. The van der Waals surface area contributed by atoms with Gasteiger partial charge in [0.05, 0.1) is 0 Å². The molecule has 0 amide bonds. The fourth-order valence-electron chi connectivity index (χ4n) is 0.957. The van der Waals surface area contributed by atoms with Gasteiger partial charge in [-0.2, -0.15) is 0 Å². The third kappa shape index (κ3) is 7.32. The Balaban J connectivity index is 3.80. The van der Waals surface area contributed by atoms with Crippen molar-refractivity contribution < 1.29 is 9.53 Å². The summed E-state index contributed by atoms with van der Waals surface area (Å²) < 4.78 is 4.76. The highest BCUT2D eigenvalue weighted by molar-refractivity contribution is 5.66. The van der Waals surface area contributed by atoms with Crippen molar-refractivity contribution in [3.63, 3.8) is 0 Å². The molecule has 0 radical (unpaired) electrons. The van der Waals surface area contributed by atoms with Gasteiger partial charge in [0.25, 0.3) is 0 Å². The number of allylic oxidation sites excluding steroid dienone is 3. The molecule has 0 unspecified atom stereocenters. The van der Waals surface area contributed by atoms with Crippen molar-refractivity contribution >= 4 is 5.97 Å². The van der Waals surface area contributed by atoms with Gasteiger partial charge in [0, 0.05) is 6.92 Å². The van der Waals surface area contributed by atoms with E-state index >= 15 is 0 Å². The van der Waals surface area contributed by atoms with Crippen molar-refractivity contribution in [1.29, 1.82) is 0 Å². The third-order valence-corrected chi connectivity index (χ3v) is 1.59. The first-order chi connectivity index (χ1) is 6.20. The van der Waals surface area contributed by atoms with E-state index in [1.807, 2.05) is 12.2 Å². The van der Waals surface area contributed by atoms with Crippen LogP contribution in [0.3, 0.4) is 0 Å². The molecule has 0 aliphatic carbocycles. The van der Waals surface area contributed by atoms with E-state index in [4.69, 9.17) is 4.74 Å². The molecule has 0 N–H and O–H groups in total. The highest BCUT2D eigenvalue weighted by Gasteiger charge is 1.88. The van der Waals surface area contributed by atoms with Gasteiger partial charge in [-0.1, -0.05) is 31.6 Å². The maximum atomic E-state index is 10.4. The minimum Gasteiger partial charge on any atom is -0.462 e. The van der Waals surface area contributed by atoms with Gasteiger partial charge in [-0.15, -0.1) is 0 Å². The van der Waals surface area contributed by atoms with E-state index in [1.165, 1.54) is 12.5 Å². The average Bonchev–Trinajstić information content (AvgIpc) is 2.10. The molecule has 74 valence electrons. The molecule has 0 aromatic rings. The van der Waals surface area contributed by atoms with Gasteiger partial charge >= 0.3 is 5.97 Å². The summed E-state index contributed by atoms with van der Waals surface area (Å²) in [5, 5.41) is 0. The number of hydrogen-bond acceptors (Lipinski definition) is 2. The van der Waals surface area contributed by atoms with E-state index in [0.717, 1.165) is 12.8 Å². The first-order valence-electron chi connectivity index (χ1n) is 4.69. The van der Waals surface area contributed by atoms with E-state index in [0.29, 0.717) is 6.61 Å². The molecule has 0 rings (SSSR count). The molecule has 0 atom stereocenters. The predicted octanol–water partition coefficient (Wildman–Crippen LogP) is 2.85. The van der Waals surface area contributed by atoms with Crippen LogP contribution in [-0.2, 0) is 9.53 Å². The monoisotopic (exact) mass is 182 g/mol. The average molecular weight is 182 g/mol. The van der Waals surface area contributed by atoms with Gasteiger partial charge in [0.2, 0.25) is 0 Å². The van der Waals surface area contributed by atoms with Crippen LogP contribution in [0.1, 0.15) is 33.6 Å². The molecule has 0 saturated heterocycles. The molecule has 0 aromatic heterocycles. The molecule has 0 heterocycles. The quantitative estimate of drug-likeness (QED) is 0.482. The number of carbonyl (C=O) groups excluding carboxylic acids is 1. The highest BCUT2D eigenvalue weighted by Crippen LogP contribution is 2.03. The minimum absolute atomic E-state index is 0.234. The van der Waals surface area contributed by atoms with Crippen molar-refractivity contribution in [3.05, 3.63) is 23.8 Å². The third-order valence-electron chi connectivity index (χ3n) is 1.59. The first-order valence-corrected chi connectivity index (χ1v) is 4.69. The fraction of sp³-hybridized carbons (Fsp3) is 0.545. The minimum atomic E-state index is -0.234. The smallest absolute Gasteiger partial charge is 0.302 e. The van der Waals surface area contributed by atoms with E-state index < -0.39 is 0 Å². The molecule has 0 bridgehead atoms. The van der Waals surface area contributed by atoms with Crippen LogP contribution in [0.4, 0.5) is 0 Å². The van der Waals surface area contributed by atoms with Crippen LogP contribution in [0, 0.1) is 0 Å². The van der Waals surface area contributed by atoms with E-state index in [9.17, 15) is 4.79 Å². The molecular formula is C11H18O2. The van der Waals surface area contributed by atoms with Crippen LogP contribution in [0.25, 0.3) is 0 Å². The van der Waals surface area contributed by atoms with Gasteiger partial charge in [0.1, 0.15) is 6.61 Å². The highest BCUT2D eigenvalue weighted by atomic mass is 16.5. The number of esters is 1. The van der Waals surface area contributed by atoms with E-state index in [2.05, 4.69) is 19.9 Å². The summed E-state index contributed by atoms with van der Waals surface area (Å²) in [6.07, 6.45) is 8.11. The Morgan fingerprint density at radius 1 is 1.38 bits per heavy atom. The first kappa shape index (κ1) is 11.9. The fourth-order valence-corrected chi connectivity index (χ4v) is 0.957. The second-order valence-corrected chi connectivity index (χ2v) is 2.75. The molecule has 0 aliphatic rings. The number of hydrogen-bond donors (Lipinski definition) is 0. The standard InChI is InChI=1S/C11H18O2/c1-4-7-11(5-2)8-6-9-13-10(3)12/h6-8H,4-5,9H2,1-3H3/b8-6+,11-7+. The summed E-state index contributed by atoms with van der Waals surface area (Å²) in [5.41, 5.74) is 1.29. The zero-order valence-corrected chi connectivity index (χ0v) is 8.67. The predicted molar refractivity (Wildman–Crippen MR) is 54.4 cm³/mol. The van der Waals surface area contributed by atoms with Gasteiger partial charge in [-0.3, -0.25) is 4.79 Å². The topological polar surface area (TPSA) is 26.3 Å². The molecule has 0 saturated carbocycles. The molecule has 2 nitrogen and oxygen atoms in total. The zero-order chi connectivity index (χ0) is 10.1. The van der Waals surface area contributed by atoms with E-state index in [1.54, 1.807) is 0 Å². The lowest BCUT2D eigenvalue weighted by Gasteiger charge is -1.97. The van der Waals surface area contributed by atoms with Crippen LogP contribution in [0.5, 0.6) is 0 Å². The number of ether oxygens (including phenoxy) is 1. The van der Waals surface area contributed by atoms with Crippen molar-refractivity contribution in [3.8, 4) is 0 Å². The lowest BCUT2D eigenvalue weighted by Crippen LogP contribution is -1.97. The molecule has 0 aliphatic heterocycles. The Morgan fingerprint density at radius 2 is 2.08 bits per heavy atom.